The van der Waals surface area contributed by atoms with E-state index >= 15 is 0 Å². The zero-order chi connectivity index (χ0) is 20.1. The number of amides is 1. The Kier molecular flexibility index (Phi) is 4.07. The molecule has 0 aliphatic carbocycles. The molecule has 2 fully saturated rings. The lowest BCUT2D eigenvalue weighted by molar-refractivity contribution is -0.0913. The van der Waals surface area contributed by atoms with Gasteiger partial charge in [0.2, 0.25) is 0 Å². The lowest BCUT2D eigenvalue weighted by Crippen LogP contribution is -2.42. The molecule has 1 aromatic carbocycles. The highest BCUT2D eigenvalue weighted by atomic mass is 32.2. The Balaban J connectivity index is 1.61. The van der Waals surface area contributed by atoms with Gasteiger partial charge >= 0.3 is 5.69 Å². The number of aliphatic hydroxyl groups is 1. The quantitative estimate of drug-likeness (QED) is 0.835. The minimum atomic E-state index is -0.979. The molecule has 0 radical (unpaired) electrons. The summed E-state index contributed by atoms with van der Waals surface area (Å²) in [6.45, 7) is 3.58. The molecular formula is C19H21N3O4S. The second-order valence-electron chi connectivity index (χ2n) is 6.93. The van der Waals surface area contributed by atoms with Crippen LogP contribution in [0.1, 0.15) is 37.3 Å². The third-order valence-corrected chi connectivity index (χ3v) is 6.77. The maximum Gasteiger partial charge on any atom is 0.351 e. The van der Waals surface area contributed by atoms with Crippen LogP contribution in [0.25, 0.3) is 0 Å². The van der Waals surface area contributed by atoms with Gasteiger partial charge in [-0.05, 0) is 26.0 Å². The molecule has 2 bridgehead atoms. The molecule has 5 atom stereocenters. The second kappa shape index (κ2) is 6.47. The number of nitrogens with zero attached hydrogens (tertiary/aromatic N) is 2. The van der Waals surface area contributed by atoms with Gasteiger partial charge in [0.05, 0.1) is 5.25 Å². The summed E-state index contributed by atoms with van der Waals surface area (Å²) in [5, 5.41) is 12.9. The Hall–Kier alpha value is -2.16. The van der Waals surface area contributed by atoms with E-state index in [4.69, 9.17) is 6.11 Å². The summed E-state index contributed by atoms with van der Waals surface area (Å²) >= 11 is 1.52. The summed E-state index contributed by atoms with van der Waals surface area (Å²) in [5.74, 6) is -0.160. The van der Waals surface area contributed by atoms with Crippen LogP contribution >= 0.6 is 11.8 Å². The van der Waals surface area contributed by atoms with Crippen LogP contribution in [0.2, 0.25) is 0 Å². The van der Waals surface area contributed by atoms with E-state index in [-0.39, 0.29) is 29.1 Å². The fourth-order valence-electron chi connectivity index (χ4n) is 3.48. The van der Waals surface area contributed by atoms with Gasteiger partial charge in [-0.1, -0.05) is 25.1 Å². The lowest BCUT2D eigenvalue weighted by atomic mass is 9.96. The second-order valence-corrected chi connectivity index (χ2v) is 8.46. The van der Waals surface area contributed by atoms with E-state index in [2.05, 4.69) is 10.3 Å². The first-order chi connectivity index (χ1) is 13.4. The van der Waals surface area contributed by atoms with Gasteiger partial charge in [-0.25, -0.2) is 4.79 Å². The third kappa shape index (κ3) is 2.88. The SMILES string of the molecule is [2H]C[C@]12O[C@@H](n3cc(C)c(NC(=O)c4ccccc4)nc3=O)[C@H](S[C@H]1C)[C@@H]2O. The van der Waals surface area contributed by atoms with Crippen molar-refractivity contribution in [2.45, 2.75) is 49.2 Å². The van der Waals surface area contributed by atoms with Gasteiger partial charge in [0, 0.05) is 23.9 Å². The summed E-state index contributed by atoms with van der Waals surface area (Å²) in [6.07, 6.45) is 0.0652. The molecule has 0 saturated carbocycles. The minimum Gasteiger partial charge on any atom is -0.389 e. The van der Waals surface area contributed by atoms with Gasteiger partial charge in [-0.3, -0.25) is 9.36 Å². The number of benzene rings is 1. The zero-order valence-corrected chi connectivity index (χ0v) is 15.8. The van der Waals surface area contributed by atoms with E-state index in [9.17, 15) is 14.7 Å². The van der Waals surface area contributed by atoms with E-state index in [1.165, 1.54) is 16.3 Å². The van der Waals surface area contributed by atoms with Crippen LogP contribution in [-0.4, -0.2) is 42.8 Å². The maximum atomic E-state index is 12.6. The molecule has 3 heterocycles. The molecule has 2 aliphatic heterocycles. The van der Waals surface area contributed by atoms with E-state index < -0.39 is 23.6 Å². The summed E-state index contributed by atoms with van der Waals surface area (Å²) < 4.78 is 15.2. The van der Waals surface area contributed by atoms with Crippen molar-refractivity contribution in [3.8, 4) is 0 Å². The Morgan fingerprint density at radius 3 is 2.85 bits per heavy atom. The molecule has 2 aromatic rings. The van der Waals surface area contributed by atoms with Crippen molar-refractivity contribution < 1.29 is 16.0 Å². The van der Waals surface area contributed by atoms with Crippen molar-refractivity contribution in [1.29, 1.82) is 0 Å². The number of aromatic nitrogens is 2. The maximum absolute atomic E-state index is 12.6. The highest BCUT2D eigenvalue weighted by Gasteiger charge is 2.62. The van der Waals surface area contributed by atoms with Gasteiger partial charge in [0.25, 0.3) is 5.91 Å². The Morgan fingerprint density at radius 1 is 1.44 bits per heavy atom. The number of ether oxygens (including phenoxy) is 1. The van der Waals surface area contributed by atoms with E-state index in [1.807, 2.05) is 13.0 Å². The van der Waals surface area contributed by atoms with Crippen LogP contribution in [0.5, 0.6) is 0 Å². The third-order valence-electron chi connectivity index (χ3n) is 5.16. The van der Waals surface area contributed by atoms with Crippen molar-refractivity contribution in [2.75, 3.05) is 5.32 Å². The smallest absolute Gasteiger partial charge is 0.351 e. The molecule has 2 aliphatic rings. The highest BCUT2D eigenvalue weighted by Crippen LogP contribution is 2.55. The fourth-order valence-corrected chi connectivity index (χ4v) is 5.08. The van der Waals surface area contributed by atoms with Crippen LogP contribution in [-0.2, 0) is 4.74 Å². The molecule has 0 unspecified atom stereocenters. The lowest BCUT2D eigenvalue weighted by Gasteiger charge is -2.33. The number of aliphatic hydroxyl groups excluding tert-OH is 1. The number of carbonyl (C=O) groups excluding carboxylic acids is 1. The average molecular weight is 388 g/mol. The molecular weight excluding hydrogens is 366 g/mol. The first-order valence-corrected chi connectivity index (χ1v) is 9.58. The predicted octanol–water partition coefficient (Wildman–Crippen LogP) is 1.96. The van der Waals surface area contributed by atoms with Crippen molar-refractivity contribution in [3.05, 3.63) is 58.1 Å². The number of hydrogen-bond acceptors (Lipinski definition) is 6. The molecule has 1 amide bonds. The molecule has 1 aromatic heterocycles. The number of nitrogens with one attached hydrogen (secondary N) is 1. The van der Waals surface area contributed by atoms with E-state index in [0.29, 0.717) is 11.1 Å². The monoisotopic (exact) mass is 388 g/mol. The minimum absolute atomic E-state index is 0.0320. The molecule has 8 heteroatoms. The molecule has 2 N–H and O–H groups in total. The number of carbonyl (C=O) groups is 1. The van der Waals surface area contributed by atoms with Crippen molar-refractivity contribution in [3.63, 3.8) is 0 Å². The molecule has 2 saturated heterocycles. The topological polar surface area (TPSA) is 93.5 Å². The number of anilines is 1. The Labute approximate surface area is 162 Å². The molecule has 142 valence electrons. The number of rotatable bonds is 3. The zero-order valence-electron chi connectivity index (χ0n) is 16.0. The standard InChI is InChI=1S/C19H21N3O4S/c1-10-9-22(17-13-14(23)19(3,26-17)11(2)27-13)18(25)21-15(10)20-16(24)12-7-5-4-6-8-12/h4-9,11,13-14,17,23H,1-3H3,(H,20,21,24,25)/t11-,13+,14-,17+,19-/m0/s1/i3D. The number of aryl methyl sites for hydroxylation is 1. The fraction of sp³-hybridized carbons (Fsp3) is 0.421. The number of hydrogen-bond donors (Lipinski definition) is 2. The van der Waals surface area contributed by atoms with Crippen molar-refractivity contribution >= 4 is 23.5 Å². The van der Waals surface area contributed by atoms with Crippen LogP contribution in [0.4, 0.5) is 5.82 Å². The van der Waals surface area contributed by atoms with Gasteiger partial charge in [0.15, 0.2) is 6.23 Å². The van der Waals surface area contributed by atoms with Crippen molar-refractivity contribution in [2.24, 2.45) is 0 Å². The first-order valence-electron chi connectivity index (χ1n) is 9.35. The largest absolute Gasteiger partial charge is 0.389 e. The number of thioether (sulfide) groups is 1. The van der Waals surface area contributed by atoms with E-state index in [1.54, 1.807) is 37.4 Å². The Morgan fingerprint density at radius 2 is 2.19 bits per heavy atom. The summed E-state index contributed by atoms with van der Waals surface area (Å²) in [7, 11) is 0. The van der Waals surface area contributed by atoms with Crippen LogP contribution in [0.15, 0.2) is 41.3 Å². The van der Waals surface area contributed by atoms with Crippen LogP contribution in [0.3, 0.4) is 0 Å². The highest BCUT2D eigenvalue weighted by molar-refractivity contribution is 8.01. The first kappa shape index (κ1) is 17.0. The van der Waals surface area contributed by atoms with Crippen LogP contribution in [0, 0.1) is 6.92 Å². The molecule has 27 heavy (non-hydrogen) atoms. The predicted molar refractivity (Wildman–Crippen MR) is 103 cm³/mol. The Bertz CT molecular complexity index is 969. The molecule has 4 rings (SSSR count). The van der Waals surface area contributed by atoms with Gasteiger partial charge in [0.1, 0.15) is 17.5 Å². The van der Waals surface area contributed by atoms with Gasteiger partial charge < -0.3 is 15.2 Å². The summed E-state index contributed by atoms with van der Waals surface area (Å²) in [4.78, 5) is 29.0. The molecule has 7 nitrogen and oxygen atoms in total. The van der Waals surface area contributed by atoms with Gasteiger partial charge in [-0.15, -0.1) is 11.8 Å². The van der Waals surface area contributed by atoms with Crippen molar-refractivity contribution in [1.82, 2.24) is 9.55 Å². The summed E-state index contributed by atoms with van der Waals surface area (Å²) in [5.41, 5.74) is -0.488. The summed E-state index contributed by atoms with van der Waals surface area (Å²) in [6, 6.07) is 8.68. The number of fused-ring (bicyclic) bond motifs is 2. The molecule has 0 spiro atoms. The normalized spacial score (nSPS) is 32.3. The van der Waals surface area contributed by atoms with Gasteiger partial charge in [-0.2, -0.15) is 4.98 Å². The van der Waals surface area contributed by atoms with E-state index in [0.717, 1.165) is 0 Å². The van der Waals surface area contributed by atoms with Crippen LogP contribution < -0.4 is 11.0 Å². The average Bonchev–Trinajstić information content (AvgIpc) is 3.11.